The summed E-state index contributed by atoms with van der Waals surface area (Å²) in [6.45, 7) is 0. The Morgan fingerprint density at radius 1 is 1.50 bits per heavy atom. The maximum Gasteiger partial charge on any atom is 0.358 e. The molecule has 0 aliphatic heterocycles. The molecule has 0 aliphatic carbocycles. The zero-order valence-corrected chi connectivity index (χ0v) is 9.88. The van der Waals surface area contributed by atoms with Crippen LogP contribution in [-0.2, 0) is 4.74 Å². The molecule has 0 aromatic carbocycles. The lowest BCUT2D eigenvalue weighted by Gasteiger charge is -2.02. The standard InChI is InChI=1S/C10H7ClN2O2S/c1-15-10(14)7-8(16-5-13-7)6-3-2-4-12-9(6)11/h2-5H,1H3. The monoisotopic (exact) mass is 254 g/mol. The molecule has 4 nitrogen and oxygen atoms in total. The maximum atomic E-state index is 11.4. The molecular weight excluding hydrogens is 248 g/mol. The Morgan fingerprint density at radius 3 is 3.00 bits per heavy atom. The molecule has 0 saturated carbocycles. The van der Waals surface area contributed by atoms with Gasteiger partial charge in [0, 0.05) is 11.8 Å². The molecule has 0 N–H and O–H groups in total. The van der Waals surface area contributed by atoms with Crippen molar-refractivity contribution < 1.29 is 9.53 Å². The van der Waals surface area contributed by atoms with E-state index in [0.29, 0.717) is 15.6 Å². The number of ether oxygens (including phenoxy) is 1. The topological polar surface area (TPSA) is 52.1 Å². The van der Waals surface area contributed by atoms with Gasteiger partial charge in [0.1, 0.15) is 5.15 Å². The van der Waals surface area contributed by atoms with E-state index in [-0.39, 0.29) is 5.69 Å². The minimum absolute atomic E-state index is 0.266. The highest BCUT2D eigenvalue weighted by Crippen LogP contribution is 2.32. The highest BCUT2D eigenvalue weighted by Gasteiger charge is 2.18. The number of hydrogen-bond donors (Lipinski definition) is 0. The lowest BCUT2D eigenvalue weighted by atomic mass is 10.2. The summed E-state index contributed by atoms with van der Waals surface area (Å²) in [6.07, 6.45) is 1.59. The lowest BCUT2D eigenvalue weighted by molar-refractivity contribution is 0.0596. The summed E-state index contributed by atoms with van der Waals surface area (Å²) in [5.74, 6) is -0.476. The van der Waals surface area contributed by atoms with Crippen molar-refractivity contribution >= 4 is 28.9 Å². The van der Waals surface area contributed by atoms with Gasteiger partial charge in [-0.25, -0.2) is 14.8 Å². The van der Waals surface area contributed by atoms with Gasteiger partial charge in [-0.15, -0.1) is 11.3 Å². The molecule has 0 unspecified atom stereocenters. The highest BCUT2D eigenvalue weighted by atomic mass is 35.5. The van der Waals surface area contributed by atoms with Gasteiger partial charge < -0.3 is 4.74 Å². The Kier molecular flexibility index (Phi) is 3.17. The van der Waals surface area contributed by atoms with Crippen LogP contribution in [0.4, 0.5) is 0 Å². The summed E-state index contributed by atoms with van der Waals surface area (Å²) in [7, 11) is 1.32. The van der Waals surface area contributed by atoms with Crippen LogP contribution < -0.4 is 0 Å². The number of rotatable bonds is 2. The van der Waals surface area contributed by atoms with Gasteiger partial charge in [-0.3, -0.25) is 0 Å². The van der Waals surface area contributed by atoms with Crippen molar-refractivity contribution in [2.45, 2.75) is 0 Å². The Hall–Kier alpha value is -1.46. The SMILES string of the molecule is COC(=O)c1ncsc1-c1cccnc1Cl. The zero-order chi connectivity index (χ0) is 11.5. The minimum atomic E-state index is -0.476. The molecule has 2 aromatic heterocycles. The van der Waals surface area contributed by atoms with Crippen molar-refractivity contribution in [3.05, 3.63) is 34.7 Å². The number of carbonyl (C=O) groups excluding carboxylic acids is 1. The molecule has 0 amide bonds. The average Bonchev–Trinajstić information content (AvgIpc) is 2.77. The number of esters is 1. The first-order valence-corrected chi connectivity index (χ1v) is 5.62. The van der Waals surface area contributed by atoms with E-state index in [9.17, 15) is 4.79 Å². The third-order valence-corrected chi connectivity index (χ3v) is 3.11. The molecular formula is C10H7ClN2O2S. The predicted molar refractivity (Wildman–Crippen MR) is 61.7 cm³/mol. The maximum absolute atomic E-state index is 11.4. The van der Waals surface area contributed by atoms with Crippen LogP contribution in [0.1, 0.15) is 10.5 Å². The molecule has 2 rings (SSSR count). The van der Waals surface area contributed by atoms with Crippen molar-refractivity contribution in [1.82, 2.24) is 9.97 Å². The van der Waals surface area contributed by atoms with Gasteiger partial charge in [-0.2, -0.15) is 0 Å². The molecule has 0 spiro atoms. The summed E-state index contributed by atoms with van der Waals surface area (Å²) in [5.41, 5.74) is 2.53. The van der Waals surface area contributed by atoms with Crippen molar-refractivity contribution in [3.8, 4) is 10.4 Å². The van der Waals surface area contributed by atoms with Crippen molar-refractivity contribution in [1.29, 1.82) is 0 Å². The van der Waals surface area contributed by atoms with E-state index in [4.69, 9.17) is 11.6 Å². The largest absolute Gasteiger partial charge is 0.464 e. The number of hydrogen-bond acceptors (Lipinski definition) is 5. The van der Waals surface area contributed by atoms with Crippen LogP contribution in [0.15, 0.2) is 23.8 Å². The van der Waals surface area contributed by atoms with Gasteiger partial charge in [-0.05, 0) is 12.1 Å². The molecule has 0 radical (unpaired) electrons. The van der Waals surface area contributed by atoms with Crippen LogP contribution >= 0.6 is 22.9 Å². The first kappa shape index (κ1) is 11.0. The normalized spacial score (nSPS) is 10.1. The fraction of sp³-hybridized carbons (Fsp3) is 0.100. The van der Waals surface area contributed by atoms with Crippen LogP contribution in [0.25, 0.3) is 10.4 Å². The molecule has 0 fully saturated rings. The van der Waals surface area contributed by atoms with Crippen molar-refractivity contribution in [3.63, 3.8) is 0 Å². The van der Waals surface area contributed by atoms with E-state index in [1.54, 1.807) is 23.8 Å². The zero-order valence-electron chi connectivity index (χ0n) is 8.31. The van der Waals surface area contributed by atoms with Crippen LogP contribution in [-0.4, -0.2) is 23.0 Å². The molecule has 82 valence electrons. The summed E-state index contributed by atoms with van der Waals surface area (Å²) >= 11 is 7.28. The first-order valence-electron chi connectivity index (χ1n) is 4.36. The molecule has 6 heteroatoms. The Morgan fingerprint density at radius 2 is 2.31 bits per heavy atom. The number of carbonyl (C=O) groups is 1. The molecule has 2 heterocycles. The van der Waals surface area contributed by atoms with Gasteiger partial charge in [0.05, 0.1) is 17.5 Å². The highest BCUT2D eigenvalue weighted by molar-refractivity contribution is 7.13. The summed E-state index contributed by atoms with van der Waals surface area (Å²) in [4.78, 5) is 20.0. The van der Waals surface area contributed by atoms with Gasteiger partial charge in [-0.1, -0.05) is 11.6 Å². The molecule has 2 aromatic rings. The Balaban J connectivity index is 2.53. The van der Waals surface area contributed by atoms with E-state index in [1.807, 2.05) is 0 Å². The van der Waals surface area contributed by atoms with E-state index in [2.05, 4.69) is 14.7 Å². The molecule has 16 heavy (non-hydrogen) atoms. The van der Waals surface area contributed by atoms with E-state index in [0.717, 1.165) is 0 Å². The second-order valence-corrected chi connectivity index (χ2v) is 4.08. The van der Waals surface area contributed by atoms with Gasteiger partial charge in [0.2, 0.25) is 0 Å². The van der Waals surface area contributed by atoms with Crippen LogP contribution in [0, 0.1) is 0 Å². The fourth-order valence-electron chi connectivity index (χ4n) is 1.23. The van der Waals surface area contributed by atoms with Crippen molar-refractivity contribution in [2.75, 3.05) is 7.11 Å². The van der Waals surface area contributed by atoms with Gasteiger partial charge in [0.25, 0.3) is 0 Å². The number of methoxy groups -OCH3 is 1. The number of pyridine rings is 1. The summed E-state index contributed by atoms with van der Waals surface area (Å²) in [5, 5.41) is 0.344. The second kappa shape index (κ2) is 4.59. The lowest BCUT2D eigenvalue weighted by Crippen LogP contribution is -2.03. The second-order valence-electron chi connectivity index (χ2n) is 2.86. The van der Waals surface area contributed by atoms with Gasteiger partial charge >= 0.3 is 5.97 Å². The number of nitrogens with zero attached hydrogens (tertiary/aromatic N) is 2. The van der Waals surface area contributed by atoms with E-state index < -0.39 is 5.97 Å². The number of thiazole rings is 1. The van der Waals surface area contributed by atoms with E-state index in [1.165, 1.54) is 18.4 Å². The average molecular weight is 255 g/mol. The summed E-state index contributed by atoms with van der Waals surface area (Å²) < 4.78 is 4.64. The Labute approximate surface area is 101 Å². The smallest absolute Gasteiger partial charge is 0.358 e. The first-order chi connectivity index (χ1) is 7.74. The third kappa shape index (κ3) is 1.91. The minimum Gasteiger partial charge on any atom is -0.464 e. The quantitative estimate of drug-likeness (QED) is 0.611. The van der Waals surface area contributed by atoms with Crippen LogP contribution in [0.2, 0.25) is 5.15 Å². The van der Waals surface area contributed by atoms with Gasteiger partial charge in [0.15, 0.2) is 5.69 Å². The molecule has 0 saturated heterocycles. The molecule has 0 atom stereocenters. The molecule has 0 aliphatic rings. The summed E-state index contributed by atoms with van der Waals surface area (Å²) in [6, 6.07) is 3.54. The predicted octanol–water partition coefficient (Wildman–Crippen LogP) is 2.65. The van der Waals surface area contributed by atoms with E-state index >= 15 is 0 Å². The third-order valence-electron chi connectivity index (χ3n) is 1.95. The van der Waals surface area contributed by atoms with Crippen LogP contribution in [0.3, 0.4) is 0 Å². The fourth-order valence-corrected chi connectivity index (χ4v) is 2.31. The number of aromatic nitrogens is 2. The molecule has 0 bridgehead atoms. The number of halogens is 1. The van der Waals surface area contributed by atoms with Crippen LogP contribution in [0.5, 0.6) is 0 Å². The Bertz CT molecular complexity index is 527. The van der Waals surface area contributed by atoms with Crippen molar-refractivity contribution in [2.24, 2.45) is 0 Å².